The summed E-state index contributed by atoms with van der Waals surface area (Å²) in [5, 5.41) is 9.76. The van der Waals surface area contributed by atoms with Crippen LogP contribution in [0, 0.1) is 0 Å². The van der Waals surface area contributed by atoms with Crippen LogP contribution in [0.1, 0.15) is 5.69 Å². The number of methoxy groups -OCH3 is 1. The quantitative estimate of drug-likeness (QED) is 0.589. The van der Waals surface area contributed by atoms with E-state index in [1.54, 1.807) is 31.6 Å². The number of nitrogens with two attached hydrogens (primary N) is 1. The summed E-state index contributed by atoms with van der Waals surface area (Å²) in [4.78, 5) is 13.6. The highest BCUT2D eigenvalue weighted by Crippen LogP contribution is 2.28. The second kappa shape index (κ2) is 6.45. The summed E-state index contributed by atoms with van der Waals surface area (Å²) in [7, 11) is 1.62. The Morgan fingerprint density at radius 3 is 2.73 bits per heavy atom. The van der Waals surface area contributed by atoms with Crippen molar-refractivity contribution >= 4 is 11.2 Å². The number of para-hydroxylation sites is 2. The second-order valence-corrected chi connectivity index (χ2v) is 5.71. The minimum Gasteiger partial charge on any atom is -0.508 e. The third-order valence-corrected chi connectivity index (χ3v) is 4.11. The molecule has 130 valence electrons. The van der Waals surface area contributed by atoms with Gasteiger partial charge in [-0.15, -0.1) is 0 Å². The summed E-state index contributed by atoms with van der Waals surface area (Å²) in [5.74, 6) is 1.34. The van der Waals surface area contributed by atoms with E-state index in [1.807, 2.05) is 34.9 Å². The van der Waals surface area contributed by atoms with Crippen LogP contribution in [-0.4, -0.2) is 31.7 Å². The maximum absolute atomic E-state index is 9.76. The molecule has 0 saturated carbocycles. The van der Waals surface area contributed by atoms with E-state index >= 15 is 0 Å². The van der Waals surface area contributed by atoms with E-state index in [9.17, 15) is 5.11 Å². The Labute approximate surface area is 149 Å². The van der Waals surface area contributed by atoms with Gasteiger partial charge in [0, 0.05) is 12.1 Å². The largest absolute Gasteiger partial charge is 0.508 e. The van der Waals surface area contributed by atoms with Crippen molar-refractivity contribution in [3.63, 3.8) is 0 Å². The molecule has 4 rings (SSSR count). The molecule has 26 heavy (non-hydrogen) atoms. The fourth-order valence-corrected chi connectivity index (χ4v) is 2.88. The number of aromatic hydroxyl groups is 1. The smallest absolute Gasteiger partial charge is 0.168 e. The summed E-state index contributed by atoms with van der Waals surface area (Å²) in [6.07, 6.45) is 1.68. The van der Waals surface area contributed by atoms with Crippen LogP contribution in [0.5, 0.6) is 11.5 Å². The minimum atomic E-state index is 0.152. The molecule has 7 nitrogen and oxygen atoms in total. The molecular weight excluding hydrogens is 330 g/mol. The number of hydrogen-bond acceptors (Lipinski definition) is 6. The summed E-state index contributed by atoms with van der Waals surface area (Å²) in [5.41, 5.74) is 9.32. The molecule has 2 aromatic carbocycles. The van der Waals surface area contributed by atoms with Gasteiger partial charge in [0.25, 0.3) is 0 Å². The molecule has 0 fully saturated rings. The molecule has 0 aliphatic carbocycles. The van der Waals surface area contributed by atoms with Crippen LogP contribution in [0.4, 0.5) is 0 Å². The summed E-state index contributed by atoms with van der Waals surface area (Å²) in [6, 6.07) is 14.4. The van der Waals surface area contributed by atoms with Crippen LogP contribution in [0.15, 0.2) is 54.9 Å². The first-order chi connectivity index (χ1) is 12.7. The van der Waals surface area contributed by atoms with Gasteiger partial charge in [0.05, 0.1) is 18.5 Å². The van der Waals surface area contributed by atoms with Gasteiger partial charge in [-0.1, -0.05) is 24.3 Å². The fraction of sp³-hybridized carbons (Fsp3) is 0.105. The molecule has 0 atom stereocenters. The zero-order valence-electron chi connectivity index (χ0n) is 14.1. The predicted molar refractivity (Wildman–Crippen MR) is 98.2 cm³/mol. The third kappa shape index (κ3) is 2.64. The number of fused-ring (bicyclic) bond motifs is 1. The maximum atomic E-state index is 9.76. The first-order valence-electron chi connectivity index (χ1n) is 8.08. The minimum absolute atomic E-state index is 0.152. The molecule has 0 bridgehead atoms. The van der Waals surface area contributed by atoms with Gasteiger partial charge in [-0.3, -0.25) is 4.57 Å². The zero-order chi connectivity index (χ0) is 18.1. The standard InChI is InChI=1S/C19H17N5O2/c1-26-16-8-3-2-7-15(16)24-11-21-17-14(10-20)22-18(23-19(17)24)12-5-4-6-13(25)9-12/h2-9,11,25H,10,20H2,1H3. The molecule has 7 heteroatoms. The number of imidazole rings is 1. The van der Waals surface area contributed by atoms with Crippen LogP contribution >= 0.6 is 0 Å². The van der Waals surface area contributed by atoms with Crippen molar-refractivity contribution in [2.24, 2.45) is 5.73 Å². The number of ether oxygens (including phenoxy) is 1. The highest BCUT2D eigenvalue weighted by molar-refractivity contribution is 5.78. The highest BCUT2D eigenvalue weighted by Gasteiger charge is 2.16. The van der Waals surface area contributed by atoms with E-state index in [2.05, 4.69) is 15.0 Å². The van der Waals surface area contributed by atoms with Gasteiger partial charge in [0.2, 0.25) is 0 Å². The van der Waals surface area contributed by atoms with Gasteiger partial charge in [0.1, 0.15) is 23.3 Å². The predicted octanol–water partition coefficient (Wildman–Crippen LogP) is 2.66. The van der Waals surface area contributed by atoms with E-state index in [4.69, 9.17) is 10.5 Å². The van der Waals surface area contributed by atoms with Gasteiger partial charge in [-0.25, -0.2) is 15.0 Å². The topological polar surface area (TPSA) is 99.1 Å². The number of benzene rings is 2. The van der Waals surface area contributed by atoms with Gasteiger partial charge in [0.15, 0.2) is 11.5 Å². The molecule has 4 aromatic rings. The monoisotopic (exact) mass is 347 g/mol. The van der Waals surface area contributed by atoms with Gasteiger partial charge in [-0.05, 0) is 24.3 Å². The number of phenols is 1. The number of rotatable bonds is 4. The van der Waals surface area contributed by atoms with E-state index in [0.717, 1.165) is 5.69 Å². The first kappa shape index (κ1) is 16.0. The molecular formula is C19H17N5O2. The summed E-state index contributed by atoms with van der Waals surface area (Å²) < 4.78 is 7.30. The molecule has 0 spiro atoms. The molecule has 2 heterocycles. The average molecular weight is 347 g/mol. The second-order valence-electron chi connectivity index (χ2n) is 5.71. The summed E-state index contributed by atoms with van der Waals surface area (Å²) >= 11 is 0. The lowest BCUT2D eigenvalue weighted by molar-refractivity contribution is 0.413. The van der Waals surface area contributed by atoms with Crippen LogP contribution in [0.3, 0.4) is 0 Å². The van der Waals surface area contributed by atoms with Crippen LogP contribution in [0.2, 0.25) is 0 Å². The molecule has 3 N–H and O–H groups in total. The van der Waals surface area contributed by atoms with Crippen molar-refractivity contribution in [3.8, 4) is 28.6 Å². The lowest BCUT2D eigenvalue weighted by Crippen LogP contribution is -2.05. The van der Waals surface area contributed by atoms with Crippen LogP contribution in [-0.2, 0) is 6.54 Å². The molecule has 0 amide bonds. The SMILES string of the molecule is COc1ccccc1-n1cnc2c(CN)nc(-c3cccc(O)c3)nc21. The Bertz CT molecular complexity index is 1090. The lowest BCUT2D eigenvalue weighted by atomic mass is 10.2. The normalized spacial score (nSPS) is 11.0. The van der Waals surface area contributed by atoms with Gasteiger partial charge >= 0.3 is 0 Å². The fourth-order valence-electron chi connectivity index (χ4n) is 2.88. The van der Waals surface area contributed by atoms with Crippen LogP contribution in [0.25, 0.3) is 28.2 Å². The maximum Gasteiger partial charge on any atom is 0.168 e. The first-order valence-corrected chi connectivity index (χ1v) is 8.08. The number of phenolic OH excluding ortho intramolecular Hbond substituents is 1. The molecule has 0 unspecified atom stereocenters. The van der Waals surface area contributed by atoms with E-state index in [0.29, 0.717) is 34.0 Å². The van der Waals surface area contributed by atoms with Gasteiger partial charge in [-0.2, -0.15) is 0 Å². The van der Waals surface area contributed by atoms with Crippen molar-refractivity contribution in [2.45, 2.75) is 6.54 Å². The van der Waals surface area contributed by atoms with Crippen molar-refractivity contribution in [3.05, 3.63) is 60.6 Å². The molecule has 2 aromatic heterocycles. The Morgan fingerprint density at radius 1 is 1.12 bits per heavy atom. The zero-order valence-corrected chi connectivity index (χ0v) is 14.1. The Balaban J connectivity index is 1.98. The molecule has 0 radical (unpaired) electrons. The lowest BCUT2D eigenvalue weighted by Gasteiger charge is -2.10. The van der Waals surface area contributed by atoms with Crippen molar-refractivity contribution in [1.82, 2.24) is 19.5 Å². The van der Waals surface area contributed by atoms with Crippen molar-refractivity contribution in [1.29, 1.82) is 0 Å². The Morgan fingerprint density at radius 2 is 1.96 bits per heavy atom. The number of hydrogen-bond donors (Lipinski definition) is 2. The van der Waals surface area contributed by atoms with Gasteiger partial charge < -0.3 is 15.6 Å². The van der Waals surface area contributed by atoms with Crippen LogP contribution < -0.4 is 10.5 Å². The van der Waals surface area contributed by atoms with E-state index in [1.165, 1.54) is 0 Å². The average Bonchev–Trinajstić information content (AvgIpc) is 3.11. The molecule has 0 saturated heterocycles. The molecule has 0 aliphatic heterocycles. The Kier molecular flexibility index (Phi) is 3.98. The van der Waals surface area contributed by atoms with Crippen molar-refractivity contribution < 1.29 is 9.84 Å². The number of aromatic nitrogens is 4. The number of nitrogens with zero attached hydrogens (tertiary/aromatic N) is 4. The summed E-state index contributed by atoms with van der Waals surface area (Å²) in [6.45, 7) is 0.230. The third-order valence-electron chi connectivity index (χ3n) is 4.11. The highest BCUT2D eigenvalue weighted by atomic mass is 16.5. The van der Waals surface area contributed by atoms with E-state index in [-0.39, 0.29) is 12.3 Å². The Hall–Kier alpha value is -3.45. The molecule has 0 aliphatic rings. The van der Waals surface area contributed by atoms with Crippen molar-refractivity contribution in [2.75, 3.05) is 7.11 Å². The van der Waals surface area contributed by atoms with E-state index < -0.39 is 0 Å².